The van der Waals surface area contributed by atoms with Gasteiger partial charge in [0.1, 0.15) is 36.7 Å². The molecule has 36 heavy (non-hydrogen) atoms. The van der Waals surface area contributed by atoms with Gasteiger partial charge in [-0.3, -0.25) is 19.4 Å². The highest BCUT2D eigenvalue weighted by Gasteiger charge is 2.51. The van der Waals surface area contributed by atoms with Gasteiger partial charge in [0.2, 0.25) is 11.8 Å². The molecule has 4 N–H and O–H groups in total. The lowest BCUT2D eigenvalue weighted by Gasteiger charge is -2.35. The third-order valence-electron chi connectivity index (χ3n) is 5.69. The molecule has 0 aromatic carbocycles. The van der Waals surface area contributed by atoms with Gasteiger partial charge in [-0.2, -0.15) is 0 Å². The Bertz CT molecular complexity index is 831. The second-order valence-corrected chi connectivity index (χ2v) is 9.09. The minimum absolute atomic E-state index is 0.0864. The maximum absolute atomic E-state index is 11.0. The third kappa shape index (κ3) is 6.72. The minimum atomic E-state index is -1.39. The van der Waals surface area contributed by atoms with E-state index in [-0.39, 0.29) is 49.4 Å². The van der Waals surface area contributed by atoms with Crippen LogP contribution in [-0.4, -0.2) is 123 Å². The lowest BCUT2D eigenvalue weighted by atomic mass is 10.1. The monoisotopic (exact) mass is 514 g/mol. The molecule has 2 amide bonds. The molecule has 0 aromatic heterocycles. The number of aliphatic hydroxyl groups is 2. The summed E-state index contributed by atoms with van der Waals surface area (Å²) in [5.41, 5.74) is 0. The summed E-state index contributed by atoms with van der Waals surface area (Å²) in [6.07, 6.45) is 1.84. The molecule has 14 heteroatoms. The Morgan fingerprint density at radius 1 is 0.833 bits per heavy atom. The van der Waals surface area contributed by atoms with Crippen LogP contribution < -0.4 is 20.0 Å². The average Bonchev–Trinajstić information content (AvgIpc) is 3.24. The van der Waals surface area contributed by atoms with Crippen molar-refractivity contribution in [3.8, 4) is 0 Å². The minimum Gasteiger partial charge on any atom is -0.547 e. The van der Waals surface area contributed by atoms with Gasteiger partial charge in [-0.15, -0.1) is 0 Å². The molecule has 4 saturated heterocycles. The predicted molar refractivity (Wildman–Crippen MR) is 116 cm³/mol. The zero-order valence-electron chi connectivity index (χ0n) is 20.8. The second-order valence-electron chi connectivity index (χ2n) is 9.09. The van der Waals surface area contributed by atoms with Gasteiger partial charge >= 0.3 is 0 Å². The fourth-order valence-electron chi connectivity index (χ4n) is 3.80. The number of carbonyl (C=O) groups excluding carboxylic acids is 4. The van der Waals surface area contributed by atoms with Crippen LogP contribution in [-0.2, 0) is 28.7 Å². The van der Waals surface area contributed by atoms with Crippen LogP contribution in [0.2, 0.25) is 0 Å². The van der Waals surface area contributed by atoms with Crippen LogP contribution in [0.4, 0.5) is 0 Å². The summed E-state index contributed by atoms with van der Waals surface area (Å²) in [6, 6.07) is -2.35. The normalized spacial score (nSPS) is 27.8. The quantitative estimate of drug-likeness (QED) is 0.238. The first-order chi connectivity index (χ1) is 16.9. The highest BCUT2D eigenvalue weighted by molar-refractivity contribution is 5.91. The molecule has 0 bridgehead atoms. The summed E-state index contributed by atoms with van der Waals surface area (Å²) in [5.74, 6) is -3.15. The first kappa shape index (κ1) is 29.0. The molecule has 4 fully saturated rings. The fraction of sp³-hybridized carbons (Fsp3) is 0.636. The van der Waals surface area contributed by atoms with E-state index in [0.29, 0.717) is 0 Å². The van der Waals surface area contributed by atoms with Crippen LogP contribution in [0.1, 0.15) is 12.8 Å². The lowest BCUT2D eigenvalue weighted by Crippen LogP contribution is -3.14. The van der Waals surface area contributed by atoms with Gasteiger partial charge in [-0.25, -0.2) is 0 Å². The number of β-lactam (4-membered cyclic amide) rings is 2. The Morgan fingerprint density at radius 2 is 1.17 bits per heavy atom. The zero-order valence-corrected chi connectivity index (χ0v) is 20.8. The van der Waals surface area contributed by atoms with Gasteiger partial charge in [-0.05, 0) is 12.2 Å². The van der Waals surface area contributed by atoms with Crippen molar-refractivity contribution in [2.75, 3.05) is 54.5 Å². The Balaban J connectivity index is 0.000000199. The van der Waals surface area contributed by atoms with Crippen molar-refractivity contribution in [2.24, 2.45) is 0 Å². The molecule has 0 aromatic rings. The fourth-order valence-corrected chi connectivity index (χ4v) is 3.80. The highest BCUT2D eigenvalue weighted by atomic mass is 16.5. The first-order valence-electron chi connectivity index (χ1n) is 11.5. The maximum Gasteiger partial charge on any atom is 0.232 e. The zero-order chi connectivity index (χ0) is 27.2. The standard InChI is InChI=1S/2C8H9NO5.C6H16N2/c2*10-2-1-4-7(8(12)13)9-5(11)3-6(9)14-4;1-7(2)5-6-8(3)4/h2*1,6-7,10H,2-3H2,(H,12,13);5-6H2,1-4H3/b2*4-1-;. The topological polar surface area (TPSA) is 189 Å². The summed E-state index contributed by atoms with van der Waals surface area (Å²) in [7, 11) is 8.73. The molecular formula is C22H34N4O10. The Kier molecular flexibility index (Phi) is 10.2. The molecule has 0 saturated carbocycles. The summed E-state index contributed by atoms with van der Waals surface area (Å²) >= 11 is 0. The number of rotatable bonds is 7. The number of fused-ring (bicyclic) bond motifs is 2. The number of aliphatic hydroxyl groups excluding tert-OH is 2. The molecule has 4 heterocycles. The number of carboxylic acid groups (broad SMARTS) is 2. The van der Waals surface area contributed by atoms with Crippen LogP contribution in [0.5, 0.6) is 0 Å². The molecular weight excluding hydrogens is 480 g/mol. The van der Waals surface area contributed by atoms with Crippen LogP contribution in [0.3, 0.4) is 0 Å². The van der Waals surface area contributed by atoms with Gasteiger partial charge in [0.25, 0.3) is 0 Å². The molecule has 14 nitrogen and oxygen atoms in total. The number of nitrogens with one attached hydrogen (secondary N) is 2. The van der Waals surface area contributed by atoms with Crippen LogP contribution in [0.15, 0.2) is 23.7 Å². The Labute approximate surface area is 208 Å². The van der Waals surface area contributed by atoms with Crippen molar-refractivity contribution >= 4 is 23.8 Å². The first-order valence-corrected chi connectivity index (χ1v) is 11.5. The number of likely N-dealkylation sites (N-methyl/N-ethyl adjacent to an activating group) is 2. The number of carbonyl (C=O) groups is 4. The van der Waals surface area contributed by atoms with E-state index in [2.05, 4.69) is 28.2 Å². The number of carboxylic acids is 2. The molecule has 0 aliphatic carbocycles. The van der Waals surface area contributed by atoms with Crippen LogP contribution >= 0.6 is 0 Å². The Morgan fingerprint density at radius 3 is 1.39 bits per heavy atom. The maximum atomic E-state index is 11.0. The average molecular weight is 515 g/mol. The van der Waals surface area contributed by atoms with Crippen molar-refractivity contribution < 1.29 is 58.9 Å². The lowest BCUT2D eigenvalue weighted by molar-refractivity contribution is -0.918. The number of hydrogen-bond acceptors (Lipinski definition) is 10. The van der Waals surface area contributed by atoms with E-state index < -0.39 is 36.5 Å². The molecule has 4 atom stereocenters. The molecule has 202 valence electrons. The molecule has 0 radical (unpaired) electrons. The molecule has 4 aliphatic heterocycles. The number of quaternary nitrogens is 2. The van der Waals surface area contributed by atoms with Crippen LogP contribution in [0.25, 0.3) is 0 Å². The van der Waals surface area contributed by atoms with Crippen molar-refractivity contribution in [1.29, 1.82) is 0 Å². The molecule has 4 aliphatic rings. The number of aliphatic carboxylic acids is 2. The summed E-state index contributed by atoms with van der Waals surface area (Å²) < 4.78 is 10.3. The number of nitrogens with zero attached hydrogens (tertiary/aromatic N) is 2. The van der Waals surface area contributed by atoms with Gasteiger partial charge in [0.15, 0.2) is 12.5 Å². The van der Waals surface area contributed by atoms with Crippen LogP contribution in [0, 0.1) is 0 Å². The molecule has 4 unspecified atom stereocenters. The van der Waals surface area contributed by atoms with Gasteiger partial charge in [0.05, 0.1) is 66.2 Å². The van der Waals surface area contributed by atoms with E-state index in [4.69, 9.17) is 19.7 Å². The summed E-state index contributed by atoms with van der Waals surface area (Å²) in [4.78, 5) is 48.8. The summed E-state index contributed by atoms with van der Waals surface area (Å²) in [5, 5.41) is 38.7. The summed E-state index contributed by atoms with van der Waals surface area (Å²) in [6.45, 7) is 1.88. The van der Waals surface area contributed by atoms with E-state index in [1.54, 1.807) is 0 Å². The Hall–Kier alpha value is -3.20. The van der Waals surface area contributed by atoms with E-state index in [1.807, 2.05) is 0 Å². The van der Waals surface area contributed by atoms with E-state index in [0.717, 1.165) is 9.80 Å². The van der Waals surface area contributed by atoms with E-state index in [9.17, 15) is 29.4 Å². The smallest absolute Gasteiger partial charge is 0.232 e. The number of ether oxygens (including phenoxy) is 2. The second kappa shape index (κ2) is 12.7. The van der Waals surface area contributed by atoms with Gasteiger partial charge < -0.3 is 49.3 Å². The van der Waals surface area contributed by atoms with Gasteiger partial charge in [0, 0.05) is 0 Å². The van der Waals surface area contributed by atoms with Crippen molar-refractivity contribution in [2.45, 2.75) is 37.4 Å². The molecule has 4 rings (SSSR count). The number of hydrogen-bond donors (Lipinski definition) is 4. The number of amides is 2. The third-order valence-corrected chi connectivity index (χ3v) is 5.69. The van der Waals surface area contributed by atoms with Gasteiger partial charge in [-0.1, -0.05) is 0 Å². The van der Waals surface area contributed by atoms with E-state index in [1.165, 1.54) is 35.0 Å². The van der Waals surface area contributed by atoms with Crippen molar-refractivity contribution in [3.63, 3.8) is 0 Å². The highest BCUT2D eigenvalue weighted by Crippen LogP contribution is 2.36. The largest absolute Gasteiger partial charge is 0.547 e. The predicted octanol–water partition coefficient (Wildman–Crippen LogP) is -7.59. The van der Waals surface area contributed by atoms with Crippen molar-refractivity contribution in [1.82, 2.24) is 9.80 Å². The van der Waals surface area contributed by atoms with Crippen molar-refractivity contribution in [3.05, 3.63) is 23.7 Å². The van der Waals surface area contributed by atoms with E-state index >= 15 is 0 Å². The SMILES string of the molecule is C[NH+](C)CC[NH+](C)C.O=C([O-])C1/C(=C/CO)OC2CC(=O)N21.O=C([O-])C1/C(=C/CO)OC2CC(=O)N21. The molecule has 0 spiro atoms.